The van der Waals surface area contributed by atoms with Gasteiger partial charge in [0, 0.05) is 5.92 Å². The Balaban J connectivity index is 2.21. The van der Waals surface area contributed by atoms with Gasteiger partial charge in [-0.2, -0.15) is 0 Å². The monoisotopic (exact) mass is 306 g/mol. The van der Waals surface area contributed by atoms with Crippen molar-refractivity contribution < 1.29 is 0 Å². The zero-order chi connectivity index (χ0) is 17.2. The molecule has 0 amide bonds. The summed E-state index contributed by atoms with van der Waals surface area (Å²) in [5.41, 5.74) is 10.6. The number of hydrogen-bond donors (Lipinski definition) is 0. The van der Waals surface area contributed by atoms with Crippen molar-refractivity contribution in [1.29, 1.82) is 0 Å². The van der Waals surface area contributed by atoms with Gasteiger partial charge in [0.2, 0.25) is 0 Å². The number of rotatable bonds is 0. The van der Waals surface area contributed by atoms with Crippen LogP contribution in [0.25, 0.3) is 11.1 Å². The maximum absolute atomic E-state index is 2.45. The van der Waals surface area contributed by atoms with E-state index in [0.29, 0.717) is 5.92 Å². The highest BCUT2D eigenvalue weighted by Gasteiger charge is 2.30. The van der Waals surface area contributed by atoms with Crippen molar-refractivity contribution >= 4 is 0 Å². The summed E-state index contributed by atoms with van der Waals surface area (Å²) in [5, 5.41) is 0. The minimum atomic E-state index is 0.199. The van der Waals surface area contributed by atoms with E-state index in [1.54, 1.807) is 0 Å². The van der Waals surface area contributed by atoms with Gasteiger partial charge in [-0.05, 0) is 56.7 Å². The first-order valence-corrected chi connectivity index (χ1v) is 8.80. The smallest absolute Gasteiger partial charge is 0.00736 e. The Morgan fingerprint density at radius 2 is 1.30 bits per heavy atom. The lowest BCUT2D eigenvalue weighted by Crippen LogP contribution is -2.12. The SMILES string of the molecule is Cc1cc(C(C)(C)C)cc2c1-c1ccc(C(C)(C)C)cc1C2C. The van der Waals surface area contributed by atoms with Crippen molar-refractivity contribution in [3.8, 4) is 11.1 Å². The van der Waals surface area contributed by atoms with E-state index in [4.69, 9.17) is 0 Å². The van der Waals surface area contributed by atoms with E-state index in [1.165, 1.54) is 38.9 Å². The Bertz CT molecular complexity index is 764. The van der Waals surface area contributed by atoms with E-state index in [9.17, 15) is 0 Å². The van der Waals surface area contributed by atoms with Gasteiger partial charge in [-0.3, -0.25) is 0 Å². The van der Waals surface area contributed by atoms with Crippen molar-refractivity contribution in [2.24, 2.45) is 0 Å². The fraction of sp³-hybridized carbons (Fsp3) is 0.478. The van der Waals surface area contributed by atoms with Gasteiger partial charge in [0.05, 0.1) is 0 Å². The Hall–Kier alpha value is -1.56. The van der Waals surface area contributed by atoms with Gasteiger partial charge in [0.1, 0.15) is 0 Å². The molecule has 1 aliphatic carbocycles. The lowest BCUT2D eigenvalue weighted by atomic mass is 9.83. The first-order valence-electron chi connectivity index (χ1n) is 8.80. The Morgan fingerprint density at radius 3 is 1.87 bits per heavy atom. The highest BCUT2D eigenvalue weighted by molar-refractivity contribution is 5.82. The van der Waals surface area contributed by atoms with Crippen LogP contribution in [-0.4, -0.2) is 0 Å². The fourth-order valence-corrected chi connectivity index (χ4v) is 3.74. The third kappa shape index (κ3) is 2.63. The van der Waals surface area contributed by atoms with Gasteiger partial charge in [-0.1, -0.05) is 78.8 Å². The van der Waals surface area contributed by atoms with Gasteiger partial charge in [0.15, 0.2) is 0 Å². The average Bonchev–Trinajstić information content (AvgIpc) is 2.70. The van der Waals surface area contributed by atoms with Crippen molar-refractivity contribution in [3.63, 3.8) is 0 Å². The summed E-state index contributed by atoms with van der Waals surface area (Å²) in [6.07, 6.45) is 0. The second kappa shape index (κ2) is 4.97. The molecule has 0 N–H and O–H groups in total. The van der Waals surface area contributed by atoms with Gasteiger partial charge in [-0.15, -0.1) is 0 Å². The van der Waals surface area contributed by atoms with Crippen molar-refractivity contribution in [1.82, 2.24) is 0 Å². The van der Waals surface area contributed by atoms with Gasteiger partial charge < -0.3 is 0 Å². The maximum atomic E-state index is 2.45. The zero-order valence-corrected chi connectivity index (χ0v) is 16.0. The third-order valence-electron chi connectivity index (χ3n) is 5.35. The summed E-state index contributed by atoms with van der Waals surface area (Å²) in [7, 11) is 0. The summed E-state index contributed by atoms with van der Waals surface area (Å²) in [4.78, 5) is 0. The lowest BCUT2D eigenvalue weighted by Gasteiger charge is -2.22. The summed E-state index contributed by atoms with van der Waals surface area (Å²) >= 11 is 0. The average molecular weight is 306 g/mol. The van der Waals surface area contributed by atoms with Gasteiger partial charge in [0.25, 0.3) is 0 Å². The molecule has 0 heteroatoms. The predicted molar refractivity (Wildman–Crippen MR) is 102 cm³/mol. The van der Waals surface area contributed by atoms with E-state index >= 15 is 0 Å². The molecule has 0 saturated carbocycles. The normalized spacial score (nSPS) is 17.1. The fourth-order valence-electron chi connectivity index (χ4n) is 3.74. The predicted octanol–water partition coefficient (Wildman–Crippen LogP) is 6.72. The van der Waals surface area contributed by atoms with Gasteiger partial charge >= 0.3 is 0 Å². The Labute approximate surface area is 141 Å². The minimum absolute atomic E-state index is 0.199. The zero-order valence-electron chi connectivity index (χ0n) is 16.0. The van der Waals surface area contributed by atoms with Crippen LogP contribution in [0, 0.1) is 6.92 Å². The minimum Gasteiger partial charge on any atom is -0.0579 e. The molecule has 2 aromatic carbocycles. The van der Waals surface area contributed by atoms with Crippen LogP contribution in [-0.2, 0) is 10.8 Å². The number of hydrogen-bond acceptors (Lipinski definition) is 0. The molecule has 1 aliphatic rings. The van der Waals surface area contributed by atoms with Crippen molar-refractivity contribution in [2.45, 2.75) is 72.1 Å². The summed E-state index contributed by atoms with van der Waals surface area (Å²) in [5.74, 6) is 0.489. The van der Waals surface area contributed by atoms with Crippen LogP contribution in [0.4, 0.5) is 0 Å². The van der Waals surface area contributed by atoms with Crippen molar-refractivity contribution in [2.75, 3.05) is 0 Å². The molecule has 0 radical (unpaired) electrons. The molecule has 0 nitrogen and oxygen atoms in total. The van der Waals surface area contributed by atoms with Crippen LogP contribution in [0.15, 0.2) is 30.3 Å². The molecular weight excluding hydrogens is 276 g/mol. The molecule has 0 heterocycles. The molecule has 0 aromatic heterocycles. The lowest BCUT2D eigenvalue weighted by molar-refractivity contribution is 0.588. The molecule has 1 atom stereocenters. The number of fused-ring (bicyclic) bond motifs is 3. The third-order valence-corrected chi connectivity index (χ3v) is 5.35. The Kier molecular flexibility index (Phi) is 3.52. The van der Waals surface area contributed by atoms with Crippen LogP contribution in [0.2, 0.25) is 0 Å². The number of benzene rings is 2. The highest BCUT2D eigenvalue weighted by atomic mass is 14.3. The van der Waals surface area contributed by atoms with E-state index in [1.807, 2.05) is 0 Å². The van der Waals surface area contributed by atoms with Gasteiger partial charge in [-0.25, -0.2) is 0 Å². The summed E-state index contributed by atoms with van der Waals surface area (Å²) in [6.45, 7) is 18.4. The first-order chi connectivity index (χ1) is 10.5. The quantitative estimate of drug-likeness (QED) is 0.506. The standard InChI is InChI=1S/C23H30/c1-14-11-17(23(6,7)8)13-20-15(2)19-12-16(22(3,4)5)9-10-18(19)21(14)20/h9-13,15H,1-8H3. The second-order valence-electron chi connectivity index (χ2n) is 9.28. The Morgan fingerprint density at radius 1 is 0.739 bits per heavy atom. The van der Waals surface area contributed by atoms with E-state index in [2.05, 4.69) is 85.7 Å². The topological polar surface area (TPSA) is 0 Å². The van der Waals surface area contributed by atoms with Crippen LogP contribution in [0.5, 0.6) is 0 Å². The van der Waals surface area contributed by atoms with Crippen LogP contribution < -0.4 is 0 Å². The molecule has 122 valence electrons. The molecule has 1 unspecified atom stereocenters. The molecule has 0 fully saturated rings. The van der Waals surface area contributed by atoms with E-state index in [-0.39, 0.29) is 10.8 Å². The molecule has 3 rings (SSSR count). The molecule has 23 heavy (non-hydrogen) atoms. The van der Waals surface area contributed by atoms with Crippen LogP contribution in [0.1, 0.15) is 82.2 Å². The largest absolute Gasteiger partial charge is 0.0579 e. The van der Waals surface area contributed by atoms with Crippen molar-refractivity contribution in [3.05, 3.63) is 58.1 Å². The second-order valence-corrected chi connectivity index (χ2v) is 9.28. The molecule has 0 aliphatic heterocycles. The number of aryl methyl sites for hydroxylation is 1. The molecule has 0 spiro atoms. The molecule has 2 aromatic rings. The van der Waals surface area contributed by atoms with E-state index < -0.39 is 0 Å². The maximum Gasteiger partial charge on any atom is 0.00736 e. The molecular formula is C23H30. The highest BCUT2D eigenvalue weighted by Crippen LogP contribution is 2.48. The van der Waals surface area contributed by atoms with E-state index in [0.717, 1.165) is 0 Å². The molecule has 0 bridgehead atoms. The molecule has 0 saturated heterocycles. The van der Waals surface area contributed by atoms with Crippen LogP contribution in [0.3, 0.4) is 0 Å². The van der Waals surface area contributed by atoms with Crippen LogP contribution >= 0.6 is 0 Å². The summed E-state index contributed by atoms with van der Waals surface area (Å²) in [6, 6.07) is 11.9. The summed E-state index contributed by atoms with van der Waals surface area (Å²) < 4.78 is 0. The first kappa shape index (κ1) is 16.3.